The molecule has 2 aromatic rings. The van der Waals surface area contributed by atoms with Crippen LogP contribution in [0.1, 0.15) is 19.3 Å². The molecule has 0 aliphatic heterocycles. The van der Waals surface area contributed by atoms with E-state index >= 15 is 0 Å². The van der Waals surface area contributed by atoms with Gasteiger partial charge in [-0.05, 0) is 42.6 Å². The summed E-state index contributed by atoms with van der Waals surface area (Å²) < 4.78 is 0. The molecule has 4 nitrogen and oxygen atoms in total. The molecule has 0 saturated heterocycles. The second-order valence-corrected chi connectivity index (χ2v) is 6.74. The van der Waals surface area contributed by atoms with E-state index in [4.69, 9.17) is 0 Å². The summed E-state index contributed by atoms with van der Waals surface area (Å²) in [7, 11) is 0. The molecule has 2 N–H and O–H groups in total. The Labute approximate surface area is 134 Å². The molecule has 2 bridgehead atoms. The van der Waals surface area contributed by atoms with Gasteiger partial charge in [0.15, 0.2) is 0 Å². The van der Waals surface area contributed by atoms with Gasteiger partial charge in [-0.1, -0.05) is 36.4 Å². The molecule has 23 heavy (non-hydrogen) atoms. The third-order valence-electron chi connectivity index (χ3n) is 5.55. The minimum absolute atomic E-state index is 0.138. The normalized spacial score (nSPS) is 28.9. The predicted octanol–water partition coefficient (Wildman–Crippen LogP) is 3.53. The molecule has 118 valence electrons. The highest BCUT2D eigenvalue weighted by atomic mass is 16.4. The zero-order valence-corrected chi connectivity index (χ0v) is 12.7. The second kappa shape index (κ2) is 5.37. The number of benzene rings is 2. The molecular weight excluding hydrogens is 290 g/mol. The van der Waals surface area contributed by atoms with Gasteiger partial charge in [-0.25, -0.2) is 0 Å². The lowest BCUT2D eigenvalue weighted by Crippen LogP contribution is -2.37. The summed E-state index contributed by atoms with van der Waals surface area (Å²) in [4.78, 5) is 24.4. The van der Waals surface area contributed by atoms with E-state index in [0.29, 0.717) is 0 Å². The highest BCUT2D eigenvalue weighted by molar-refractivity contribution is 6.04. The van der Waals surface area contributed by atoms with E-state index in [-0.39, 0.29) is 17.7 Å². The van der Waals surface area contributed by atoms with Crippen LogP contribution in [0.4, 0.5) is 5.69 Å². The smallest absolute Gasteiger partial charge is 0.307 e. The van der Waals surface area contributed by atoms with E-state index in [1.807, 2.05) is 42.5 Å². The van der Waals surface area contributed by atoms with E-state index < -0.39 is 17.8 Å². The Hall–Kier alpha value is -2.36. The molecule has 4 rings (SSSR count). The first kappa shape index (κ1) is 14.2. The van der Waals surface area contributed by atoms with Crippen LogP contribution in [0.2, 0.25) is 0 Å². The number of amides is 1. The molecule has 2 aliphatic carbocycles. The van der Waals surface area contributed by atoms with Gasteiger partial charge in [0.05, 0.1) is 11.8 Å². The number of rotatable bonds is 3. The van der Waals surface area contributed by atoms with Crippen molar-refractivity contribution in [3.05, 3.63) is 42.5 Å². The van der Waals surface area contributed by atoms with Gasteiger partial charge in [-0.15, -0.1) is 0 Å². The van der Waals surface area contributed by atoms with Crippen LogP contribution in [0.3, 0.4) is 0 Å². The number of carbonyl (C=O) groups is 2. The zero-order valence-electron chi connectivity index (χ0n) is 12.7. The van der Waals surface area contributed by atoms with E-state index in [0.717, 1.165) is 35.7 Å². The first-order valence-electron chi connectivity index (χ1n) is 8.16. The van der Waals surface area contributed by atoms with Crippen molar-refractivity contribution in [3.63, 3.8) is 0 Å². The number of carbonyl (C=O) groups excluding carboxylic acids is 1. The Kier molecular flexibility index (Phi) is 3.33. The molecule has 0 unspecified atom stereocenters. The summed E-state index contributed by atoms with van der Waals surface area (Å²) in [6.07, 6.45) is 2.80. The van der Waals surface area contributed by atoms with Crippen molar-refractivity contribution in [1.82, 2.24) is 0 Å². The zero-order chi connectivity index (χ0) is 16.0. The third-order valence-corrected chi connectivity index (χ3v) is 5.55. The Morgan fingerprint density at radius 2 is 1.65 bits per heavy atom. The van der Waals surface area contributed by atoms with Crippen LogP contribution in [0.25, 0.3) is 10.8 Å². The summed E-state index contributed by atoms with van der Waals surface area (Å²) in [6.45, 7) is 0. The number of aliphatic carboxylic acids is 1. The van der Waals surface area contributed by atoms with Crippen molar-refractivity contribution in [2.75, 3.05) is 5.32 Å². The van der Waals surface area contributed by atoms with Gasteiger partial charge >= 0.3 is 5.97 Å². The van der Waals surface area contributed by atoms with Crippen molar-refractivity contribution < 1.29 is 14.7 Å². The first-order chi connectivity index (χ1) is 11.1. The van der Waals surface area contributed by atoms with Crippen LogP contribution in [-0.4, -0.2) is 17.0 Å². The maximum Gasteiger partial charge on any atom is 0.307 e. The molecule has 0 spiro atoms. The minimum Gasteiger partial charge on any atom is -0.481 e. The van der Waals surface area contributed by atoms with Gasteiger partial charge in [0.1, 0.15) is 0 Å². The van der Waals surface area contributed by atoms with Crippen molar-refractivity contribution in [2.24, 2.45) is 23.7 Å². The number of carboxylic acids is 1. The summed E-state index contributed by atoms with van der Waals surface area (Å²) in [5, 5.41) is 14.6. The maximum atomic E-state index is 12.8. The molecule has 2 aliphatic rings. The summed E-state index contributed by atoms with van der Waals surface area (Å²) in [6, 6.07) is 13.7. The standard InChI is InChI=1S/C19H19NO3/c21-18(16-12-8-9-13(10-12)17(16)19(22)23)20-15-7-3-5-11-4-1-2-6-14(11)15/h1-7,12-13,16-17H,8-10H2,(H,20,21)(H,22,23)/t12-,13+,16-,17+/m1/s1. The van der Waals surface area contributed by atoms with Gasteiger partial charge in [0, 0.05) is 11.1 Å². The van der Waals surface area contributed by atoms with Crippen molar-refractivity contribution >= 4 is 28.3 Å². The SMILES string of the molecule is O=C(Nc1cccc2ccccc12)[C@@H]1[C@@H]2CC[C@@H](C2)[C@@H]1C(=O)O. The van der Waals surface area contributed by atoms with Crippen LogP contribution in [-0.2, 0) is 9.59 Å². The van der Waals surface area contributed by atoms with E-state index in [2.05, 4.69) is 5.32 Å². The van der Waals surface area contributed by atoms with Crippen LogP contribution < -0.4 is 5.32 Å². The quantitative estimate of drug-likeness (QED) is 0.911. The largest absolute Gasteiger partial charge is 0.481 e. The molecule has 2 fully saturated rings. The maximum absolute atomic E-state index is 12.8. The predicted molar refractivity (Wildman–Crippen MR) is 88.0 cm³/mol. The number of hydrogen-bond donors (Lipinski definition) is 2. The Balaban J connectivity index is 1.63. The fraction of sp³-hybridized carbons (Fsp3) is 0.368. The van der Waals surface area contributed by atoms with Crippen molar-refractivity contribution in [3.8, 4) is 0 Å². The number of fused-ring (bicyclic) bond motifs is 3. The molecule has 4 heteroatoms. The lowest BCUT2D eigenvalue weighted by molar-refractivity contribution is -0.148. The summed E-state index contributed by atoms with van der Waals surface area (Å²) in [5.41, 5.74) is 0.764. The first-order valence-corrected chi connectivity index (χ1v) is 8.16. The van der Waals surface area contributed by atoms with E-state index in [1.165, 1.54) is 0 Å². The van der Waals surface area contributed by atoms with Crippen molar-refractivity contribution in [1.29, 1.82) is 0 Å². The molecule has 4 atom stereocenters. The van der Waals surface area contributed by atoms with Crippen LogP contribution in [0, 0.1) is 23.7 Å². The highest BCUT2D eigenvalue weighted by Gasteiger charge is 2.53. The van der Waals surface area contributed by atoms with Crippen LogP contribution >= 0.6 is 0 Å². The molecular formula is C19H19NO3. The molecule has 2 aromatic carbocycles. The molecule has 0 aromatic heterocycles. The topological polar surface area (TPSA) is 66.4 Å². The van der Waals surface area contributed by atoms with Gasteiger partial charge in [-0.3, -0.25) is 9.59 Å². The Morgan fingerprint density at radius 1 is 0.957 bits per heavy atom. The number of carboxylic acid groups (broad SMARTS) is 1. The lowest BCUT2D eigenvalue weighted by atomic mass is 9.78. The van der Waals surface area contributed by atoms with Crippen molar-refractivity contribution in [2.45, 2.75) is 19.3 Å². The summed E-state index contributed by atoms with van der Waals surface area (Å²) >= 11 is 0. The molecule has 1 amide bonds. The number of nitrogens with one attached hydrogen (secondary N) is 1. The average Bonchev–Trinajstić information content (AvgIpc) is 3.16. The highest BCUT2D eigenvalue weighted by Crippen LogP contribution is 2.52. The van der Waals surface area contributed by atoms with Gasteiger partial charge in [-0.2, -0.15) is 0 Å². The average molecular weight is 309 g/mol. The van der Waals surface area contributed by atoms with Gasteiger partial charge in [0.2, 0.25) is 5.91 Å². The summed E-state index contributed by atoms with van der Waals surface area (Å²) in [5.74, 6) is -1.50. The molecule has 0 radical (unpaired) electrons. The van der Waals surface area contributed by atoms with Crippen LogP contribution in [0.15, 0.2) is 42.5 Å². The number of anilines is 1. The Morgan fingerprint density at radius 3 is 2.43 bits per heavy atom. The number of hydrogen-bond acceptors (Lipinski definition) is 2. The fourth-order valence-corrected chi connectivity index (χ4v) is 4.57. The fourth-order valence-electron chi connectivity index (χ4n) is 4.57. The monoisotopic (exact) mass is 309 g/mol. The van der Waals surface area contributed by atoms with Gasteiger partial charge in [0.25, 0.3) is 0 Å². The minimum atomic E-state index is -0.824. The van der Waals surface area contributed by atoms with Gasteiger partial charge < -0.3 is 10.4 Å². The van der Waals surface area contributed by atoms with Crippen LogP contribution in [0.5, 0.6) is 0 Å². The van der Waals surface area contributed by atoms with E-state index in [9.17, 15) is 14.7 Å². The molecule has 2 saturated carbocycles. The van der Waals surface area contributed by atoms with E-state index in [1.54, 1.807) is 0 Å². The third kappa shape index (κ3) is 2.29. The molecule has 0 heterocycles. The second-order valence-electron chi connectivity index (χ2n) is 6.74. The Bertz CT molecular complexity index is 780. The lowest BCUT2D eigenvalue weighted by Gasteiger charge is -2.27.